The third kappa shape index (κ3) is 10.1. The van der Waals surface area contributed by atoms with Crippen molar-refractivity contribution in [1.29, 1.82) is 0 Å². The van der Waals surface area contributed by atoms with Gasteiger partial charge in [0.15, 0.2) is 0 Å². The van der Waals surface area contributed by atoms with Gasteiger partial charge in [-0.1, -0.05) is 71.7 Å². The highest BCUT2D eigenvalue weighted by Gasteiger charge is 2.13. The molecule has 1 atom stereocenters. The van der Waals surface area contributed by atoms with Crippen molar-refractivity contribution < 1.29 is 18.2 Å². The molecule has 6 aromatic rings. The van der Waals surface area contributed by atoms with Crippen LogP contribution in [0.15, 0.2) is 146 Å². The van der Waals surface area contributed by atoms with E-state index in [0.717, 1.165) is 33.6 Å². The molecular formula is C39H37N4O4S-. The van der Waals surface area contributed by atoms with Gasteiger partial charge in [0.05, 0.1) is 0 Å². The Morgan fingerprint density at radius 3 is 1.19 bits per heavy atom. The third-order valence-electron chi connectivity index (χ3n) is 7.39. The van der Waals surface area contributed by atoms with E-state index in [4.69, 9.17) is 32.4 Å². The van der Waals surface area contributed by atoms with E-state index >= 15 is 0 Å². The first-order valence-corrected chi connectivity index (χ1v) is 16.4. The molecule has 0 amide bonds. The van der Waals surface area contributed by atoms with E-state index in [1.807, 2.05) is 121 Å². The molecule has 8 N–H and O–H groups in total. The van der Waals surface area contributed by atoms with Crippen LogP contribution in [0.25, 0.3) is 11.1 Å². The molecule has 244 valence electrons. The van der Waals surface area contributed by atoms with Gasteiger partial charge < -0.3 is 37.0 Å². The normalized spacial score (nSPS) is 11.3. The van der Waals surface area contributed by atoms with Crippen LogP contribution in [-0.2, 0) is 23.9 Å². The van der Waals surface area contributed by atoms with Crippen LogP contribution in [0, 0.1) is 0 Å². The van der Waals surface area contributed by atoms with Crippen LogP contribution in [0.4, 0.5) is 22.7 Å². The molecule has 1 unspecified atom stereocenters. The lowest BCUT2D eigenvalue weighted by Gasteiger charge is -2.20. The molecule has 6 rings (SSSR count). The molecule has 0 spiro atoms. The van der Waals surface area contributed by atoms with E-state index in [-0.39, 0.29) is 0 Å². The molecule has 0 aromatic heterocycles. The Morgan fingerprint density at radius 2 is 0.854 bits per heavy atom. The second-order valence-corrected chi connectivity index (χ2v) is 12.4. The zero-order chi connectivity index (χ0) is 33.9. The first-order valence-electron chi connectivity index (χ1n) is 15.2. The van der Waals surface area contributed by atoms with Crippen LogP contribution in [0.2, 0.25) is 0 Å². The molecule has 0 radical (unpaired) electrons. The fourth-order valence-electron chi connectivity index (χ4n) is 4.90. The lowest BCUT2D eigenvalue weighted by Crippen LogP contribution is -2.20. The van der Waals surface area contributed by atoms with Gasteiger partial charge in [-0.25, -0.2) is 0 Å². The zero-order valence-corrected chi connectivity index (χ0v) is 27.0. The van der Waals surface area contributed by atoms with E-state index in [1.165, 1.54) is 0 Å². The smallest absolute Gasteiger partial charge is 0.129 e. The Kier molecular flexibility index (Phi) is 11.3. The largest absolute Gasteiger partial charge is 0.772 e. The van der Waals surface area contributed by atoms with Crippen molar-refractivity contribution in [3.05, 3.63) is 157 Å². The van der Waals surface area contributed by atoms with Crippen molar-refractivity contribution in [1.82, 2.24) is 0 Å². The summed E-state index contributed by atoms with van der Waals surface area (Å²) < 4.78 is 35.4. The minimum absolute atomic E-state index is 0.399. The molecule has 0 saturated carbocycles. The van der Waals surface area contributed by atoms with Gasteiger partial charge >= 0.3 is 0 Å². The molecule has 0 saturated heterocycles. The molecule has 0 bridgehead atoms. The van der Waals surface area contributed by atoms with Crippen molar-refractivity contribution in [2.75, 3.05) is 22.9 Å². The van der Waals surface area contributed by atoms with Crippen molar-refractivity contribution in [3.63, 3.8) is 0 Å². The summed E-state index contributed by atoms with van der Waals surface area (Å²) in [6.07, 6.45) is 0.798. The molecule has 48 heavy (non-hydrogen) atoms. The van der Waals surface area contributed by atoms with E-state index in [9.17, 15) is 8.76 Å². The van der Waals surface area contributed by atoms with Gasteiger partial charge in [-0.05, 0) is 108 Å². The second-order valence-electron chi connectivity index (χ2n) is 11.2. The highest BCUT2D eigenvalue weighted by atomic mass is 32.2. The van der Waals surface area contributed by atoms with Crippen LogP contribution in [0.3, 0.4) is 0 Å². The van der Waals surface area contributed by atoms with Gasteiger partial charge in [0.1, 0.15) is 23.0 Å². The van der Waals surface area contributed by atoms with Crippen LogP contribution in [-0.4, -0.2) is 14.0 Å². The zero-order valence-electron chi connectivity index (χ0n) is 26.2. The summed E-state index contributed by atoms with van der Waals surface area (Å²) in [5.74, 6) is 2.61. The molecule has 8 nitrogen and oxygen atoms in total. The van der Waals surface area contributed by atoms with Crippen LogP contribution >= 0.6 is 0 Å². The predicted octanol–water partition coefficient (Wildman–Crippen LogP) is 7.99. The number of rotatable bonds is 10. The van der Waals surface area contributed by atoms with E-state index < -0.39 is 16.3 Å². The lowest BCUT2D eigenvalue weighted by molar-refractivity contribution is 0.482. The summed E-state index contributed by atoms with van der Waals surface area (Å²) >= 11 is -2.22. The summed E-state index contributed by atoms with van der Waals surface area (Å²) in [6.45, 7) is 0. The minimum atomic E-state index is -2.22. The van der Waals surface area contributed by atoms with Gasteiger partial charge in [0.25, 0.3) is 0 Å². The number of nitrogen functional groups attached to an aromatic ring is 4. The standard InChI is InChI=1S/C27H26N2O4S.C12H12N2/c28-21-3-1-5-25(17-21)32-23-11-7-19(8-12-23)15-27(34(30)31)16-20-9-13-24(14-10-20)33-26-6-2-4-22(29)18-26;13-11-5-1-9(2-6-11)10-3-7-12(14)8-4-10/h1-14,17-18,27H,15-16,28-29H2,(H,30,31);1-8H,13-14H2/p-1. The second kappa shape index (κ2) is 16.2. The topological polar surface area (TPSA) is 163 Å². The fourth-order valence-corrected chi connectivity index (χ4v) is 5.56. The number of benzene rings is 6. The number of hydrogen-bond donors (Lipinski definition) is 4. The lowest BCUT2D eigenvalue weighted by atomic mass is 10.0. The quantitative estimate of drug-likeness (QED) is 0.0851. The van der Waals surface area contributed by atoms with Crippen LogP contribution < -0.4 is 32.4 Å². The van der Waals surface area contributed by atoms with Crippen molar-refractivity contribution in [2.24, 2.45) is 0 Å². The van der Waals surface area contributed by atoms with E-state index in [0.29, 0.717) is 47.2 Å². The molecule has 0 aliphatic rings. The maximum atomic E-state index is 11.9. The van der Waals surface area contributed by atoms with Crippen LogP contribution in [0.5, 0.6) is 23.0 Å². The molecule has 0 fully saturated rings. The Balaban J connectivity index is 0.000000267. The number of nitrogens with two attached hydrogens (primary N) is 4. The minimum Gasteiger partial charge on any atom is -0.772 e. The average molecular weight is 658 g/mol. The third-order valence-corrected chi connectivity index (χ3v) is 8.27. The Hall–Kier alpha value is -5.77. The molecule has 0 aliphatic carbocycles. The van der Waals surface area contributed by atoms with Gasteiger partial charge in [-0.2, -0.15) is 0 Å². The summed E-state index contributed by atoms with van der Waals surface area (Å²) in [6, 6.07) is 44.8. The molecule has 0 heterocycles. The average Bonchev–Trinajstić information content (AvgIpc) is 3.07. The van der Waals surface area contributed by atoms with Gasteiger partial charge in [-0.3, -0.25) is 4.21 Å². The Bertz CT molecular complexity index is 1800. The Morgan fingerprint density at radius 1 is 0.479 bits per heavy atom. The predicted molar refractivity (Wildman–Crippen MR) is 196 cm³/mol. The van der Waals surface area contributed by atoms with Gasteiger partial charge in [0.2, 0.25) is 0 Å². The number of hydrogen-bond acceptors (Lipinski definition) is 8. The summed E-state index contributed by atoms with van der Waals surface area (Å²) in [5, 5.41) is -0.554. The molecule has 6 aromatic carbocycles. The maximum Gasteiger partial charge on any atom is 0.129 e. The SMILES string of the molecule is Nc1ccc(-c2ccc(N)cc2)cc1.Nc1cccc(Oc2ccc(CC(Cc3ccc(Oc4cccc(N)c4)cc3)S(=O)[O-])cc2)c1. The maximum absolute atomic E-state index is 11.9. The summed E-state index contributed by atoms with van der Waals surface area (Å²) in [7, 11) is 0. The molecular weight excluding hydrogens is 621 g/mol. The van der Waals surface area contributed by atoms with E-state index in [1.54, 1.807) is 24.3 Å². The molecule has 9 heteroatoms. The number of ether oxygens (including phenoxy) is 2. The van der Waals surface area contributed by atoms with Crippen LogP contribution in [0.1, 0.15) is 11.1 Å². The van der Waals surface area contributed by atoms with E-state index in [2.05, 4.69) is 0 Å². The first-order chi connectivity index (χ1) is 23.2. The number of anilines is 4. The first kappa shape index (κ1) is 33.6. The molecule has 0 aliphatic heterocycles. The highest BCUT2D eigenvalue weighted by molar-refractivity contribution is 7.79. The monoisotopic (exact) mass is 657 g/mol. The van der Waals surface area contributed by atoms with Gasteiger partial charge in [0, 0.05) is 40.1 Å². The fraction of sp³-hybridized carbons (Fsp3) is 0.0769. The Labute approximate surface area is 283 Å². The van der Waals surface area contributed by atoms with Crippen molar-refractivity contribution in [3.8, 4) is 34.1 Å². The summed E-state index contributed by atoms with van der Waals surface area (Å²) in [4.78, 5) is 0. The van der Waals surface area contributed by atoms with Crippen molar-refractivity contribution in [2.45, 2.75) is 18.1 Å². The van der Waals surface area contributed by atoms with Gasteiger partial charge in [-0.15, -0.1) is 0 Å². The highest BCUT2D eigenvalue weighted by Crippen LogP contribution is 2.26. The summed E-state index contributed by atoms with van der Waals surface area (Å²) in [5.41, 5.74) is 29.7. The van der Waals surface area contributed by atoms with Crippen molar-refractivity contribution >= 4 is 33.8 Å².